The second-order valence-electron chi connectivity index (χ2n) is 6.49. The molecule has 3 rings (SSSR count). The number of aromatic nitrogens is 1. The molecule has 2 aromatic carbocycles. The molecule has 0 fully saturated rings. The topological polar surface area (TPSA) is 91.8 Å². The van der Waals surface area contributed by atoms with Crippen molar-refractivity contribution in [3.8, 4) is 6.07 Å². The van der Waals surface area contributed by atoms with Gasteiger partial charge in [-0.05, 0) is 44.2 Å². The van der Waals surface area contributed by atoms with Gasteiger partial charge in [-0.15, -0.1) is 0 Å². The molecule has 0 saturated carbocycles. The lowest BCUT2D eigenvalue weighted by Gasteiger charge is -2.18. The Labute approximate surface area is 162 Å². The summed E-state index contributed by atoms with van der Waals surface area (Å²) in [5.74, 6) is -0.561. The number of halogens is 2. The smallest absolute Gasteiger partial charge is 0.311 e. The van der Waals surface area contributed by atoms with Crippen LogP contribution in [0.4, 0.5) is 21.5 Å². The van der Waals surface area contributed by atoms with Crippen LogP contribution in [0.5, 0.6) is 0 Å². The highest BCUT2D eigenvalue weighted by Crippen LogP contribution is 2.36. The van der Waals surface area contributed by atoms with E-state index in [1.54, 1.807) is 38.1 Å². The third kappa shape index (κ3) is 3.59. The lowest BCUT2D eigenvalue weighted by atomic mass is 9.86. The monoisotopic (exact) mass is 428 g/mol. The number of nitrogens with zero attached hydrogens (tertiary/aromatic N) is 3. The van der Waals surface area contributed by atoms with Crippen LogP contribution in [0, 0.1) is 27.3 Å². The number of nitrogens with one attached hydrogen (secondary N) is 1. The van der Waals surface area contributed by atoms with E-state index in [0.717, 1.165) is 4.47 Å². The fourth-order valence-electron chi connectivity index (χ4n) is 2.73. The molecular weight excluding hydrogens is 415 g/mol. The number of hydrogen-bond donors (Lipinski definition) is 1. The van der Waals surface area contributed by atoms with E-state index in [1.807, 2.05) is 0 Å². The molecule has 1 heterocycles. The molecule has 0 aliphatic rings. The molecule has 0 saturated heterocycles. The van der Waals surface area contributed by atoms with Crippen molar-refractivity contribution < 1.29 is 9.31 Å². The van der Waals surface area contributed by atoms with E-state index in [1.165, 1.54) is 18.3 Å². The average molecular weight is 429 g/mol. The third-order valence-electron chi connectivity index (χ3n) is 4.20. The van der Waals surface area contributed by atoms with Crippen LogP contribution in [-0.2, 0) is 5.41 Å². The SMILES string of the molecule is CC(C)(C#N)c1ccc(Nc2c([N+](=O)[O-])cnc3ccc(Br)cc23)cc1F. The summed E-state index contributed by atoms with van der Waals surface area (Å²) in [6.45, 7) is 3.24. The van der Waals surface area contributed by atoms with E-state index in [2.05, 4.69) is 32.3 Å². The van der Waals surface area contributed by atoms with Crippen LogP contribution in [0.15, 0.2) is 47.1 Å². The Morgan fingerprint density at radius 3 is 2.67 bits per heavy atom. The van der Waals surface area contributed by atoms with Crippen LogP contribution in [0.1, 0.15) is 19.4 Å². The first kappa shape index (κ1) is 18.7. The molecular formula is C19H14BrFN4O2. The molecule has 0 bridgehead atoms. The minimum atomic E-state index is -0.983. The zero-order valence-electron chi connectivity index (χ0n) is 14.5. The van der Waals surface area contributed by atoms with Gasteiger partial charge in [0.2, 0.25) is 0 Å². The summed E-state index contributed by atoms with van der Waals surface area (Å²) in [4.78, 5) is 15.0. The number of hydrogen-bond acceptors (Lipinski definition) is 5. The summed E-state index contributed by atoms with van der Waals surface area (Å²) >= 11 is 3.35. The lowest BCUT2D eigenvalue weighted by Crippen LogP contribution is -2.16. The van der Waals surface area contributed by atoms with Crippen molar-refractivity contribution in [1.82, 2.24) is 4.98 Å². The van der Waals surface area contributed by atoms with Gasteiger partial charge in [-0.2, -0.15) is 5.26 Å². The van der Waals surface area contributed by atoms with Crippen LogP contribution < -0.4 is 5.32 Å². The maximum absolute atomic E-state index is 14.5. The van der Waals surface area contributed by atoms with Crippen molar-refractivity contribution in [2.75, 3.05) is 5.32 Å². The molecule has 0 aliphatic heterocycles. The highest BCUT2D eigenvalue weighted by atomic mass is 79.9. The molecule has 1 N–H and O–H groups in total. The molecule has 0 aliphatic carbocycles. The Hall–Kier alpha value is -3.05. The third-order valence-corrected chi connectivity index (χ3v) is 4.69. The van der Waals surface area contributed by atoms with Gasteiger partial charge in [-0.3, -0.25) is 10.1 Å². The highest BCUT2D eigenvalue weighted by molar-refractivity contribution is 9.10. The molecule has 136 valence electrons. The maximum atomic E-state index is 14.5. The van der Waals surface area contributed by atoms with E-state index in [0.29, 0.717) is 16.6 Å². The van der Waals surface area contributed by atoms with Gasteiger partial charge in [0.05, 0.1) is 21.9 Å². The Morgan fingerprint density at radius 1 is 1.30 bits per heavy atom. The summed E-state index contributed by atoms with van der Waals surface area (Å²) < 4.78 is 15.3. The summed E-state index contributed by atoms with van der Waals surface area (Å²) in [5.41, 5.74) is 0.172. The first-order chi connectivity index (χ1) is 12.7. The maximum Gasteiger partial charge on any atom is 0.311 e. The van der Waals surface area contributed by atoms with Crippen molar-refractivity contribution in [3.05, 3.63) is 68.6 Å². The number of anilines is 2. The largest absolute Gasteiger partial charge is 0.349 e. The molecule has 0 spiro atoms. The van der Waals surface area contributed by atoms with Gasteiger partial charge in [-0.25, -0.2) is 9.37 Å². The minimum absolute atomic E-state index is 0.220. The predicted molar refractivity (Wildman–Crippen MR) is 104 cm³/mol. The van der Waals surface area contributed by atoms with Crippen molar-refractivity contribution >= 4 is 43.9 Å². The summed E-state index contributed by atoms with van der Waals surface area (Å²) in [5, 5.41) is 24.1. The highest BCUT2D eigenvalue weighted by Gasteiger charge is 2.24. The average Bonchev–Trinajstić information content (AvgIpc) is 2.61. The van der Waals surface area contributed by atoms with Crippen LogP contribution >= 0.6 is 15.9 Å². The van der Waals surface area contributed by atoms with Crippen molar-refractivity contribution in [1.29, 1.82) is 5.26 Å². The fraction of sp³-hybridized carbons (Fsp3) is 0.158. The first-order valence-electron chi connectivity index (χ1n) is 7.94. The second-order valence-corrected chi connectivity index (χ2v) is 7.41. The first-order valence-corrected chi connectivity index (χ1v) is 8.73. The van der Waals surface area contributed by atoms with Gasteiger partial charge >= 0.3 is 5.69 Å². The molecule has 27 heavy (non-hydrogen) atoms. The van der Waals surface area contributed by atoms with Crippen molar-refractivity contribution in [2.45, 2.75) is 19.3 Å². The van der Waals surface area contributed by atoms with E-state index in [4.69, 9.17) is 0 Å². The molecule has 8 heteroatoms. The van der Waals surface area contributed by atoms with Crippen molar-refractivity contribution in [2.24, 2.45) is 0 Å². The normalized spacial score (nSPS) is 11.2. The van der Waals surface area contributed by atoms with Gasteiger partial charge in [0, 0.05) is 21.1 Å². The van der Waals surface area contributed by atoms with Crippen molar-refractivity contribution in [3.63, 3.8) is 0 Å². The lowest BCUT2D eigenvalue weighted by molar-refractivity contribution is -0.384. The van der Waals surface area contributed by atoms with E-state index < -0.39 is 16.2 Å². The molecule has 6 nitrogen and oxygen atoms in total. The van der Waals surface area contributed by atoms with E-state index in [9.17, 15) is 19.8 Å². The minimum Gasteiger partial charge on any atom is -0.349 e. The standard InChI is InChI=1S/C19H14BrFN4O2/c1-19(2,10-22)14-5-4-12(8-15(14)21)24-18-13-7-11(20)3-6-16(13)23-9-17(18)25(26)27/h3-9H,1-2H3,(H,23,24). The zero-order chi connectivity index (χ0) is 19.8. The van der Waals surface area contributed by atoms with Gasteiger partial charge in [0.15, 0.2) is 0 Å². The predicted octanol–water partition coefficient (Wildman–Crippen LogP) is 5.59. The summed E-state index contributed by atoms with van der Waals surface area (Å²) in [7, 11) is 0. The number of pyridine rings is 1. The van der Waals surface area contributed by atoms with Gasteiger partial charge in [-0.1, -0.05) is 22.0 Å². The van der Waals surface area contributed by atoms with Gasteiger partial charge in [0.1, 0.15) is 17.7 Å². The number of nitro groups is 1. The molecule has 0 unspecified atom stereocenters. The van der Waals surface area contributed by atoms with Crippen LogP contribution in [0.25, 0.3) is 10.9 Å². The second kappa shape index (κ2) is 6.93. The number of rotatable bonds is 4. The molecule has 0 radical (unpaired) electrons. The Bertz CT molecular complexity index is 1110. The van der Waals surface area contributed by atoms with Crippen LogP contribution in [0.2, 0.25) is 0 Å². The molecule has 0 amide bonds. The Balaban J connectivity index is 2.13. The summed E-state index contributed by atoms with van der Waals surface area (Å²) in [6, 6.07) is 11.6. The van der Waals surface area contributed by atoms with Gasteiger partial charge in [0.25, 0.3) is 0 Å². The Morgan fingerprint density at radius 2 is 2.04 bits per heavy atom. The Kier molecular flexibility index (Phi) is 4.81. The number of nitriles is 1. The van der Waals surface area contributed by atoms with Crippen LogP contribution in [0.3, 0.4) is 0 Å². The van der Waals surface area contributed by atoms with E-state index in [-0.39, 0.29) is 16.9 Å². The van der Waals surface area contributed by atoms with Crippen LogP contribution in [-0.4, -0.2) is 9.91 Å². The zero-order valence-corrected chi connectivity index (χ0v) is 16.0. The van der Waals surface area contributed by atoms with E-state index >= 15 is 0 Å². The molecule has 0 atom stereocenters. The quantitative estimate of drug-likeness (QED) is 0.431. The molecule has 3 aromatic rings. The fourth-order valence-corrected chi connectivity index (χ4v) is 3.09. The number of benzene rings is 2. The molecule has 1 aromatic heterocycles. The van der Waals surface area contributed by atoms with Gasteiger partial charge < -0.3 is 5.32 Å². The number of fused-ring (bicyclic) bond motifs is 1. The summed E-state index contributed by atoms with van der Waals surface area (Å²) in [6.07, 6.45) is 1.17.